The zero-order valence-corrected chi connectivity index (χ0v) is 12.6. The summed E-state index contributed by atoms with van der Waals surface area (Å²) in [4.78, 5) is 6.78. The van der Waals surface area contributed by atoms with Crippen molar-refractivity contribution >= 4 is 34.8 Å². The fraction of sp³-hybridized carbons (Fsp3) is 0.615. The van der Waals surface area contributed by atoms with Crippen molar-refractivity contribution in [3.05, 3.63) is 16.1 Å². The number of hydrogen-bond acceptors (Lipinski definition) is 4. The summed E-state index contributed by atoms with van der Waals surface area (Å²) in [6, 6.07) is 2.19. The predicted molar refractivity (Wildman–Crippen MR) is 82.0 cm³/mol. The van der Waals surface area contributed by atoms with Gasteiger partial charge in [-0.15, -0.1) is 0 Å². The van der Waals surface area contributed by atoms with Crippen molar-refractivity contribution < 1.29 is 0 Å². The van der Waals surface area contributed by atoms with E-state index >= 15 is 0 Å². The van der Waals surface area contributed by atoms with Crippen LogP contribution < -0.4 is 16.2 Å². The summed E-state index contributed by atoms with van der Waals surface area (Å²) in [6.07, 6.45) is 5.97. The molecule has 1 aliphatic rings. The number of halogens is 2. The molecule has 1 aromatic heterocycles. The molecule has 0 radical (unpaired) electrons. The first-order valence-electron chi connectivity index (χ1n) is 6.76. The van der Waals surface area contributed by atoms with Crippen LogP contribution in [-0.4, -0.2) is 17.6 Å². The van der Waals surface area contributed by atoms with E-state index in [0.29, 0.717) is 21.9 Å². The minimum atomic E-state index is 0.444. The lowest BCUT2D eigenvalue weighted by atomic mass is 10.1. The summed E-state index contributed by atoms with van der Waals surface area (Å²) in [5.41, 5.74) is 2.52. The maximum absolute atomic E-state index is 6.31. The van der Waals surface area contributed by atoms with Gasteiger partial charge < -0.3 is 10.3 Å². The first kappa shape index (κ1) is 14.7. The van der Waals surface area contributed by atoms with Gasteiger partial charge in [0.25, 0.3) is 0 Å². The standard InChI is InChI=1S/C13H20Cl2N4/c1-2-9-6-4-3-5-7-19(9)13-11(15)8-10(14)12(17-13)18-16/h8-9H,2-7,16H2,1H3,(H,17,18). The van der Waals surface area contributed by atoms with Crippen molar-refractivity contribution in [2.45, 2.75) is 45.1 Å². The zero-order valence-electron chi connectivity index (χ0n) is 11.1. The molecule has 19 heavy (non-hydrogen) atoms. The lowest BCUT2D eigenvalue weighted by Gasteiger charge is -2.31. The smallest absolute Gasteiger partial charge is 0.161 e. The molecule has 106 valence electrons. The SMILES string of the molecule is CCC1CCCCCN1c1nc(NN)c(Cl)cc1Cl. The van der Waals surface area contributed by atoms with Gasteiger partial charge in [0.15, 0.2) is 5.82 Å². The molecule has 6 heteroatoms. The first-order chi connectivity index (χ1) is 9.17. The van der Waals surface area contributed by atoms with Crippen LogP contribution in [0.2, 0.25) is 10.0 Å². The summed E-state index contributed by atoms with van der Waals surface area (Å²) in [5, 5.41) is 1.03. The molecule has 1 saturated heterocycles. The van der Waals surface area contributed by atoms with E-state index in [1.165, 1.54) is 25.7 Å². The van der Waals surface area contributed by atoms with Crippen LogP contribution in [0.15, 0.2) is 6.07 Å². The molecule has 0 aliphatic carbocycles. The summed E-state index contributed by atoms with van der Waals surface area (Å²) >= 11 is 12.3. The molecule has 1 unspecified atom stereocenters. The highest BCUT2D eigenvalue weighted by molar-refractivity contribution is 6.37. The minimum Gasteiger partial charge on any atom is -0.352 e. The van der Waals surface area contributed by atoms with Gasteiger partial charge in [-0.2, -0.15) is 0 Å². The van der Waals surface area contributed by atoms with Crippen LogP contribution in [0.3, 0.4) is 0 Å². The van der Waals surface area contributed by atoms with Crippen LogP contribution >= 0.6 is 23.2 Å². The van der Waals surface area contributed by atoms with Crippen molar-refractivity contribution in [1.29, 1.82) is 0 Å². The maximum atomic E-state index is 6.31. The summed E-state index contributed by atoms with van der Waals surface area (Å²) in [5.74, 6) is 6.70. The Morgan fingerprint density at radius 3 is 2.84 bits per heavy atom. The maximum Gasteiger partial charge on any atom is 0.161 e. The number of hydrazine groups is 1. The van der Waals surface area contributed by atoms with Gasteiger partial charge >= 0.3 is 0 Å². The van der Waals surface area contributed by atoms with E-state index < -0.39 is 0 Å². The van der Waals surface area contributed by atoms with Gasteiger partial charge in [0.05, 0.1) is 10.0 Å². The number of pyridine rings is 1. The van der Waals surface area contributed by atoms with Crippen LogP contribution in [0.25, 0.3) is 0 Å². The van der Waals surface area contributed by atoms with Crippen molar-refractivity contribution in [2.24, 2.45) is 5.84 Å². The molecule has 1 atom stereocenters. The van der Waals surface area contributed by atoms with Gasteiger partial charge in [-0.05, 0) is 25.3 Å². The molecule has 1 fully saturated rings. The van der Waals surface area contributed by atoms with Gasteiger partial charge in [0.2, 0.25) is 0 Å². The Hall–Kier alpha value is -0.710. The van der Waals surface area contributed by atoms with E-state index in [1.807, 2.05) is 0 Å². The lowest BCUT2D eigenvalue weighted by Crippen LogP contribution is -2.35. The van der Waals surface area contributed by atoms with E-state index in [1.54, 1.807) is 6.07 Å². The third-order valence-corrected chi connectivity index (χ3v) is 4.23. The van der Waals surface area contributed by atoms with Crippen LogP contribution in [0.1, 0.15) is 39.0 Å². The van der Waals surface area contributed by atoms with Crippen LogP contribution in [0, 0.1) is 0 Å². The van der Waals surface area contributed by atoms with Crippen molar-refractivity contribution in [3.8, 4) is 0 Å². The zero-order chi connectivity index (χ0) is 13.8. The summed E-state index contributed by atoms with van der Waals surface area (Å²) < 4.78 is 0. The van der Waals surface area contributed by atoms with Crippen molar-refractivity contribution in [3.63, 3.8) is 0 Å². The van der Waals surface area contributed by atoms with E-state index in [0.717, 1.165) is 18.8 Å². The highest BCUT2D eigenvalue weighted by Gasteiger charge is 2.23. The molecule has 2 rings (SSSR count). The van der Waals surface area contributed by atoms with Crippen LogP contribution in [0.4, 0.5) is 11.6 Å². The van der Waals surface area contributed by atoms with E-state index in [-0.39, 0.29) is 0 Å². The molecule has 1 aliphatic heterocycles. The number of nitrogen functional groups attached to an aromatic ring is 1. The largest absolute Gasteiger partial charge is 0.352 e. The van der Waals surface area contributed by atoms with Gasteiger partial charge in [0, 0.05) is 12.6 Å². The topological polar surface area (TPSA) is 54.2 Å². The monoisotopic (exact) mass is 302 g/mol. The Bertz CT molecular complexity index is 439. The normalized spacial score (nSPS) is 20.2. The molecule has 0 bridgehead atoms. The second-order valence-electron chi connectivity index (χ2n) is 4.87. The van der Waals surface area contributed by atoms with Gasteiger partial charge in [-0.3, -0.25) is 0 Å². The number of hydrogen-bond donors (Lipinski definition) is 2. The second kappa shape index (κ2) is 6.64. The summed E-state index contributed by atoms with van der Waals surface area (Å²) in [6.45, 7) is 3.19. The van der Waals surface area contributed by atoms with Crippen LogP contribution in [0.5, 0.6) is 0 Å². The Kier molecular flexibility index (Phi) is 5.13. The predicted octanol–water partition coefficient (Wildman–Crippen LogP) is 3.83. The molecule has 0 aromatic carbocycles. The van der Waals surface area contributed by atoms with Gasteiger partial charge in [0.1, 0.15) is 5.82 Å². The van der Waals surface area contributed by atoms with E-state index in [2.05, 4.69) is 22.2 Å². The van der Waals surface area contributed by atoms with Crippen molar-refractivity contribution in [2.75, 3.05) is 16.9 Å². The highest BCUT2D eigenvalue weighted by Crippen LogP contribution is 2.34. The average molecular weight is 303 g/mol. The molecule has 3 N–H and O–H groups in total. The number of rotatable bonds is 3. The molecule has 0 spiro atoms. The average Bonchev–Trinajstić information content (AvgIpc) is 2.64. The third kappa shape index (κ3) is 3.25. The fourth-order valence-electron chi connectivity index (χ4n) is 2.64. The Morgan fingerprint density at radius 1 is 1.37 bits per heavy atom. The number of anilines is 2. The summed E-state index contributed by atoms with van der Waals surface area (Å²) in [7, 11) is 0. The third-order valence-electron chi connectivity index (χ3n) is 3.67. The number of nitrogens with two attached hydrogens (primary N) is 1. The lowest BCUT2D eigenvalue weighted by molar-refractivity contribution is 0.552. The molecule has 0 saturated carbocycles. The molecule has 0 amide bonds. The first-order valence-corrected chi connectivity index (χ1v) is 7.52. The molecular weight excluding hydrogens is 283 g/mol. The molecule has 2 heterocycles. The van der Waals surface area contributed by atoms with Gasteiger partial charge in [-0.25, -0.2) is 10.8 Å². The van der Waals surface area contributed by atoms with Crippen LogP contribution in [-0.2, 0) is 0 Å². The number of nitrogens with one attached hydrogen (secondary N) is 1. The molecular formula is C13H20Cl2N4. The number of aromatic nitrogens is 1. The van der Waals surface area contributed by atoms with Gasteiger partial charge in [-0.1, -0.05) is 43.0 Å². The molecule has 4 nitrogen and oxygen atoms in total. The quantitative estimate of drug-likeness (QED) is 0.658. The second-order valence-corrected chi connectivity index (χ2v) is 5.69. The fourth-order valence-corrected chi connectivity index (χ4v) is 3.16. The minimum absolute atomic E-state index is 0.444. The number of nitrogens with zero attached hydrogens (tertiary/aromatic N) is 2. The Balaban J connectivity index is 2.37. The van der Waals surface area contributed by atoms with E-state index in [4.69, 9.17) is 29.0 Å². The van der Waals surface area contributed by atoms with E-state index in [9.17, 15) is 0 Å². The Morgan fingerprint density at radius 2 is 2.16 bits per heavy atom. The van der Waals surface area contributed by atoms with Crippen molar-refractivity contribution in [1.82, 2.24) is 4.98 Å². The molecule has 1 aromatic rings. The Labute approximate surface area is 124 Å². The highest BCUT2D eigenvalue weighted by atomic mass is 35.5.